The van der Waals surface area contributed by atoms with Gasteiger partial charge in [0.15, 0.2) is 0 Å². The van der Waals surface area contributed by atoms with E-state index in [9.17, 15) is 4.79 Å². The predicted octanol–water partition coefficient (Wildman–Crippen LogP) is 1.62. The van der Waals surface area contributed by atoms with E-state index < -0.39 is 0 Å². The van der Waals surface area contributed by atoms with E-state index in [4.69, 9.17) is 0 Å². The maximum Gasteiger partial charge on any atom is 0.136 e. The van der Waals surface area contributed by atoms with Gasteiger partial charge in [0.05, 0.1) is 0 Å². The molecule has 0 saturated heterocycles. The van der Waals surface area contributed by atoms with Crippen molar-refractivity contribution in [2.24, 2.45) is 17.3 Å². The molecule has 2 saturated carbocycles. The summed E-state index contributed by atoms with van der Waals surface area (Å²) in [6, 6.07) is 0. The quantitative estimate of drug-likeness (QED) is 0.479. The standard InChI is InChI=1S/C8H12O/c1-8(2)5-3-4-6(9)7(5)8/h5,7H,3-4H2,1-2H3/t5-,7?/m0/s1. The maximum atomic E-state index is 11.0. The highest BCUT2D eigenvalue weighted by Gasteiger charge is 2.63. The van der Waals surface area contributed by atoms with E-state index in [-0.39, 0.29) is 0 Å². The highest BCUT2D eigenvalue weighted by molar-refractivity contribution is 5.87. The van der Waals surface area contributed by atoms with E-state index in [2.05, 4.69) is 13.8 Å². The van der Waals surface area contributed by atoms with Crippen LogP contribution in [0.15, 0.2) is 0 Å². The smallest absolute Gasteiger partial charge is 0.136 e. The molecule has 2 atom stereocenters. The van der Waals surface area contributed by atoms with E-state index >= 15 is 0 Å². The minimum atomic E-state index is 0.384. The Hall–Kier alpha value is -0.330. The minimum absolute atomic E-state index is 0.384. The van der Waals surface area contributed by atoms with E-state index in [1.165, 1.54) is 0 Å². The molecule has 0 amide bonds. The first-order chi connectivity index (χ1) is 4.14. The molecule has 0 heterocycles. The number of fused-ring (bicyclic) bond motifs is 1. The Kier molecular flexibility index (Phi) is 0.744. The van der Waals surface area contributed by atoms with Crippen LogP contribution in [0.1, 0.15) is 26.7 Å². The van der Waals surface area contributed by atoms with Gasteiger partial charge in [0, 0.05) is 12.3 Å². The Morgan fingerprint density at radius 1 is 1.56 bits per heavy atom. The van der Waals surface area contributed by atoms with Gasteiger partial charge in [-0.25, -0.2) is 0 Å². The number of Topliss-reactive ketones (excluding diaryl/α,β-unsaturated/α-hetero) is 1. The van der Waals surface area contributed by atoms with Crippen molar-refractivity contribution in [1.29, 1.82) is 0 Å². The largest absolute Gasteiger partial charge is 0.299 e. The SMILES string of the molecule is CC1(C)C2C(=O)CC[C@@H]21. The van der Waals surface area contributed by atoms with Crippen molar-refractivity contribution in [2.45, 2.75) is 26.7 Å². The molecule has 0 aromatic carbocycles. The molecule has 1 unspecified atom stereocenters. The van der Waals surface area contributed by atoms with Gasteiger partial charge in [-0.15, -0.1) is 0 Å². The molecule has 0 aliphatic heterocycles. The molecule has 0 spiro atoms. The second kappa shape index (κ2) is 1.23. The van der Waals surface area contributed by atoms with Crippen LogP contribution in [0.2, 0.25) is 0 Å². The van der Waals surface area contributed by atoms with Gasteiger partial charge in [-0.1, -0.05) is 13.8 Å². The molecule has 0 radical (unpaired) electrons. The van der Waals surface area contributed by atoms with Gasteiger partial charge in [0.25, 0.3) is 0 Å². The lowest BCUT2D eigenvalue weighted by Gasteiger charge is -2.04. The van der Waals surface area contributed by atoms with Gasteiger partial charge in [-0.3, -0.25) is 4.79 Å². The molecule has 0 N–H and O–H groups in total. The van der Waals surface area contributed by atoms with Gasteiger partial charge in [-0.05, 0) is 17.8 Å². The van der Waals surface area contributed by atoms with Crippen LogP contribution in [0.5, 0.6) is 0 Å². The fourth-order valence-electron chi connectivity index (χ4n) is 2.38. The number of carbonyl (C=O) groups excluding carboxylic acids is 1. The van der Waals surface area contributed by atoms with Crippen molar-refractivity contribution in [3.05, 3.63) is 0 Å². The Morgan fingerprint density at radius 2 is 2.22 bits per heavy atom. The number of rotatable bonds is 0. The molecular formula is C8H12O. The lowest BCUT2D eigenvalue weighted by atomic mass is 10.0. The Bertz CT molecular complexity index is 169. The Labute approximate surface area is 55.4 Å². The molecule has 0 bridgehead atoms. The summed E-state index contributed by atoms with van der Waals surface area (Å²) in [5, 5.41) is 0. The van der Waals surface area contributed by atoms with Gasteiger partial charge in [0.1, 0.15) is 5.78 Å². The van der Waals surface area contributed by atoms with Crippen molar-refractivity contribution >= 4 is 5.78 Å². The Morgan fingerprint density at radius 3 is 2.44 bits per heavy atom. The third kappa shape index (κ3) is 0.480. The van der Waals surface area contributed by atoms with Gasteiger partial charge >= 0.3 is 0 Å². The number of hydrogen-bond acceptors (Lipinski definition) is 1. The lowest BCUT2D eigenvalue weighted by molar-refractivity contribution is -0.119. The zero-order chi connectivity index (χ0) is 6.65. The predicted molar refractivity (Wildman–Crippen MR) is 35.0 cm³/mol. The normalized spacial score (nSPS) is 44.9. The molecular weight excluding hydrogens is 112 g/mol. The van der Waals surface area contributed by atoms with Crippen LogP contribution < -0.4 is 0 Å². The average molecular weight is 124 g/mol. The van der Waals surface area contributed by atoms with Crippen LogP contribution in [0.4, 0.5) is 0 Å². The first kappa shape index (κ1) is 5.45. The Balaban J connectivity index is 2.23. The fraction of sp³-hybridized carbons (Fsp3) is 0.875. The molecule has 9 heavy (non-hydrogen) atoms. The molecule has 2 aliphatic carbocycles. The van der Waals surface area contributed by atoms with Gasteiger partial charge in [-0.2, -0.15) is 0 Å². The molecule has 2 fully saturated rings. The molecule has 0 aromatic rings. The van der Waals surface area contributed by atoms with Crippen molar-refractivity contribution < 1.29 is 4.79 Å². The summed E-state index contributed by atoms with van der Waals surface area (Å²) in [6.07, 6.45) is 2.02. The van der Waals surface area contributed by atoms with Crippen LogP contribution in [-0.4, -0.2) is 5.78 Å². The number of hydrogen-bond donors (Lipinski definition) is 0. The monoisotopic (exact) mass is 124 g/mol. The molecule has 1 nitrogen and oxygen atoms in total. The van der Waals surface area contributed by atoms with E-state index in [0.717, 1.165) is 18.8 Å². The summed E-state index contributed by atoms with van der Waals surface area (Å²) in [6.45, 7) is 4.42. The second-order valence-corrected chi connectivity index (χ2v) is 3.91. The van der Waals surface area contributed by atoms with Crippen LogP contribution in [0.3, 0.4) is 0 Å². The third-order valence-corrected chi connectivity index (χ3v) is 3.10. The zero-order valence-corrected chi connectivity index (χ0v) is 5.98. The number of carbonyl (C=O) groups is 1. The minimum Gasteiger partial charge on any atom is -0.299 e. The van der Waals surface area contributed by atoms with Crippen molar-refractivity contribution in [1.82, 2.24) is 0 Å². The molecule has 0 aromatic heterocycles. The summed E-state index contributed by atoms with van der Waals surface area (Å²) in [5.74, 6) is 1.73. The van der Waals surface area contributed by atoms with Gasteiger partial charge in [0.2, 0.25) is 0 Å². The van der Waals surface area contributed by atoms with E-state index in [0.29, 0.717) is 17.1 Å². The van der Waals surface area contributed by atoms with Crippen LogP contribution in [-0.2, 0) is 4.79 Å². The summed E-state index contributed by atoms with van der Waals surface area (Å²) >= 11 is 0. The fourth-order valence-corrected chi connectivity index (χ4v) is 2.38. The van der Waals surface area contributed by atoms with Crippen LogP contribution in [0.25, 0.3) is 0 Å². The molecule has 2 aliphatic rings. The topological polar surface area (TPSA) is 17.1 Å². The molecule has 50 valence electrons. The van der Waals surface area contributed by atoms with Crippen LogP contribution in [0, 0.1) is 17.3 Å². The molecule has 2 rings (SSSR count). The van der Waals surface area contributed by atoms with E-state index in [1.807, 2.05) is 0 Å². The zero-order valence-electron chi connectivity index (χ0n) is 5.98. The number of ketones is 1. The third-order valence-electron chi connectivity index (χ3n) is 3.10. The van der Waals surface area contributed by atoms with Crippen molar-refractivity contribution in [2.75, 3.05) is 0 Å². The van der Waals surface area contributed by atoms with E-state index in [1.54, 1.807) is 0 Å². The summed E-state index contributed by atoms with van der Waals surface area (Å²) < 4.78 is 0. The second-order valence-electron chi connectivity index (χ2n) is 3.91. The summed E-state index contributed by atoms with van der Waals surface area (Å²) in [4.78, 5) is 11.0. The first-order valence-electron chi connectivity index (χ1n) is 3.67. The lowest BCUT2D eigenvalue weighted by Crippen LogP contribution is -2.04. The first-order valence-corrected chi connectivity index (χ1v) is 3.67. The summed E-state index contributed by atoms with van der Waals surface area (Å²) in [7, 11) is 0. The van der Waals surface area contributed by atoms with Crippen LogP contribution >= 0.6 is 0 Å². The van der Waals surface area contributed by atoms with Gasteiger partial charge < -0.3 is 0 Å². The van der Waals surface area contributed by atoms with Crippen molar-refractivity contribution in [3.8, 4) is 0 Å². The maximum absolute atomic E-state index is 11.0. The average Bonchev–Trinajstić information content (AvgIpc) is 2.19. The highest BCUT2D eigenvalue weighted by atomic mass is 16.1. The van der Waals surface area contributed by atoms with Crippen molar-refractivity contribution in [3.63, 3.8) is 0 Å². The highest BCUT2D eigenvalue weighted by Crippen LogP contribution is 2.64. The molecule has 1 heteroatoms. The summed E-state index contributed by atoms with van der Waals surface area (Å²) in [5.41, 5.74) is 0.384.